The van der Waals surface area contributed by atoms with Crippen LogP contribution in [0.15, 0.2) is 58.8 Å². The van der Waals surface area contributed by atoms with Gasteiger partial charge in [0.1, 0.15) is 0 Å². The smallest absolute Gasteiger partial charge is 0.0669 e. The van der Waals surface area contributed by atoms with Gasteiger partial charge < -0.3 is 5.32 Å². The number of nitrogens with zero attached hydrogens (tertiary/aromatic N) is 2. The number of rotatable bonds is 1. The molecule has 2 heterocycles. The number of allylic oxidation sites excluding steroid dienone is 7. The lowest BCUT2D eigenvalue weighted by Gasteiger charge is -2.45. The van der Waals surface area contributed by atoms with Crippen molar-refractivity contribution in [3.05, 3.63) is 70.6 Å². The molecule has 3 rings (SSSR count). The molecule has 0 unspecified atom stereocenters. The second kappa shape index (κ2) is 18.9. The Kier molecular flexibility index (Phi) is 18.9. The first-order valence-electron chi connectivity index (χ1n) is 14.9. The lowest BCUT2D eigenvalue weighted by Crippen LogP contribution is -2.57. The topological polar surface area (TPSA) is 37.3 Å². The third-order valence-corrected chi connectivity index (χ3v) is 5.93. The summed E-state index contributed by atoms with van der Waals surface area (Å²) in [5.41, 5.74) is 9.96. The first kappa shape index (κ1) is 38.9. The van der Waals surface area contributed by atoms with Crippen molar-refractivity contribution < 1.29 is 0 Å². The van der Waals surface area contributed by atoms with Gasteiger partial charge in [-0.2, -0.15) is 0 Å². The summed E-state index contributed by atoms with van der Waals surface area (Å²) >= 11 is 0. The van der Waals surface area contributed by atoms with Crippen molar-refractivity contribution in [1.29, 1.82) is 0 Å². The molecule has 222 valence electrons. The van der Waals surface area contributed by atoms with E-state index in [4.69, 9.17) is 0 Å². The normalized spacial score (nSPS) is 19.4. The van der Waals surface area contributed by atoms with E-state index in [1.807, 2.05) is 54.8 Å². The summed E-state index contributed by atoms with van der Waals surface area (Å²) in [7, 11) is 1.84. The van der Waals surface area contributed by atoms with Crippen LogP contribution < -0.4 is 5.32 Å². The van der Waals surface area contributed by atoms with Gasteiger partial charge in [-0.3, -0.25) is 9.98 Å². The van der Waals surface area contributed by atoms with Gasteiger partial charge >= 0.3 is 0 Å². The minimum Gasteiger partial charge on any atom is -0.307 e. The summed E-state index contributed by atoms with van der Waals surface area (Å²) in [6, 6.07) is 2.19. The van der Waals surface area contributed by atoms with E-state index in [0.717, 1.165) is 22.9 Å². The van der Waals surface area contributed by atoms with Gasteiger partial charge in [-0.15, -0.1) is 6.58 Å². The second-order valence-electron chi connectivity index (χ2n) is 12.2. The van der Waals surface area contributed by atoms with Crippen molar-refractivity contribution in [1.82, 2.24) is 10.3 Å². The molecule has 1 fully saturated rings. The lowest BCUT2D eigenvalue weighted by molar-refractivity contribution is 0.138. The first-order valence-corrected chi connectivity index (χ1v) is 14.9. The molecule has 0 atom stereocenters. The Bertz CT molecular complexity index is 980. The Balaban J connectivity index is 0. The van der Waals surface area contributed by atoms with Crippen LogP contribution in [0.2, 0.25) is 0 Å². The standard InChI is InChI=1S/C17H20N2.C10H21N.C4H8.C3H8.C2H6/c1-6-14-9-15(8-12(3)17(14)18-5)16-7-11(2)13(4)19-10-16;1-8-6-9(2,3)11-10(4,5)7-8;1-4(2)3;1-3-2;1-2/h6-10H,1-5H3;8,11H,6-7H2,1-5H3;1H2,2-3H3;3H2,1-2H3;1-2H3/b14-6-,18-17?;;;;. The van der Waals surface area contributed by atoms with Crippen LogP contribution in [0.1, 0.15) is 126 Å². The van der Waals surface area contributed by atoms with E-state index in [0.29, 0.717) is 11.1 Å². The maximum absolute atomic E-state index is 4.45. The quantitative estimate of drug-likeness (QED) is 0.362. The molecule has 3 heteroatoms. The van der Waals surface area contributed by atoms with Gasteiger partial charge in [-0.25, -0.2) is 0 Å². The Morgan fingerprint density at radius 2 is 1.51 bits per heavy atom. The number of nitrogens with one attached hydrogen (secondary N) is 1. The highest BCUT2D eigenvalue weighted by Gasteiger charge is 2.35. The van der Waals surface area contributed by atoms with Crippen molar-refractivity contribution >= 4 is 11.3 Å². The van der Waals surface area contributed by atoms with Gasteiger partial charge in [0.25, 0.3) is 0 Å². The maximum Gasteiger partial charge on any atom is 0.0669 e. The SMILES string of the molecule is C/C=C1/C=C(c2cnc(C)c(C)c2)C=C(C)C1=NC.C=C(C)C.CC.CC1CC(C)(C)NC(C)(C)C1.CCC. The zero-order chi connectivity index (χ0) is 31.0. The molecule has 0 bridgehead atoms. The summed E-state index contributed by atoms with van der Waals surface area (Å²) in [6.07, 6.45) is 12.3. The van der Waals surface area contributed by atoms with E-state index in [1.165, 1.54) is 47.1 Å². The average molecular weight is 538 g/mol. The van der Waals surface area contributed by atoms with Crippen LogP contribution in [0.5, 0.6) is 0 Å². The van der Waals surface area contributed by atoms with E-state index in [9.17, 15) is 0 Å². The Hall–Kier alpha value is -2.26. The van der Waals surface area contributed by atoms with E-state index in [1.54, 1.807) is 0 Å². The van der Waals surface area contributed by atoms with Gasteiger partial charge in [0.2, 0.25) is 0 Å². The molecule has 0 spiro atoms. The maximum atomic E-state index is 4.45. The highest BCUT2D eigenvalue weighted by Crippen LogP contribution is 2.32. The van der Waals surface area contributed by atoms with Gasteiger partial charge in [-0.05, 0) is 128 Å². The number of pyridine rings is 1. The van der Waals surface area contributed by atoms with Crippen LogP contribution >= 0.6 is 0 Å². The third-order valence-electron chi connectivity index (χ3n) is 5.93. The van der Waals surface area contributed by atoms with E-state index in [2.05, 4.69) is 108 Å². The van der Waals surface area contributed by atoms with E-state index >= 15 is 0 Å². The Labute approximate surface area is 244 Å². The lowest BCUT2D eigenvalue weighted by atomic mass is 9.77. The fourth-order valence-corrected chi connectivity index (χ4v) is 5.13. The number of aryl methyl sites for hydroxylation is 2. The third kappa shape index (κ3) is 15.8. The molecule has 1 N–H and O–H groups in total. The van der Waals surface area contributed by atoms with Crippen LogP contribution in [0.25, 0.3) is 5.57 Å². The summed E-state index contributed by atoms with van der Waals surface area (Å²) in [5, 5.41) is 3.66. The molecule has 0 saturated carbocycles. The average Bonchev–Trinajstić information content (AvgIpc) is 2.80. The molecule has 0 amide bonds. The van der Waals surface area contributed by atoms with Gasteiger partial charge in [0.05, 0.1) is 5.71 Å². The Morgan fingerprint density at radius 1 is 1.05 bits per heavy atom. The molecule has 0 aromatic carbocycles. The molecule has 39 heavy (non-hydrogen) atoms. The van der Waals surface area contributed by atoms with Crippen molar-refractivity contribution in [3.63, 3.8) is 0 Å². The summed E-state index contributed by atoms with van der Waals surface area (Å²) in [4.78, 5) is 8.81. The van der Waals surface area contributed by atoms with Crippen LogP contribution in [0.4, 0.5) is 0 Å². The van der Waals surface area contributed by atoms with E-state index in [-0.39, 0.29) is 0 Å². The fraction of sp³-hybridized carbons (Fsp3) is 0.611. The summed E-state index contributed by atoms with van der Waals surface area (Å²) in [6.45, 7) is 35.6. The summed E-state index contributed by atoms with van der Waals surface area (Å²) in [5.74, 6) is 0.862. The van der Waals surface area contributed by atoms with E-state index < -0.39 is 0 Å². The van der Waals surface area contributed by atoms with Crippen molar-refractivity contribution in [2.75, 3.05) is 7.05 Å². The van der Waals surface area contributed by atoms with Crippen LogP contribution in [-0.4, -0.2) is 28.8 Å². The molecule has 2 aliphatic rings. The minimum atomic E-state index is 0.334. The Morgan fingerprint density at radius 3 is 1.87 bits per heavy atom. The highest BCUT2D eigenvalue weighted by molar-refractivity contribution is 6.18. The first-order chi connectivity index (χ1) is 18.0. The van der Waals surface area contributed by atoms with Gasteiger partial charge in [-0.1, -0.05) is 52.7 Å². The molecular formula is C36H63N3. The number of aliphatic imine (C=N–C) groups is 1. The second-order valence-corrected chi connectivity index (χ2v) is 12.2. The van der Waals surface area contributed by atoms with Crippen molar-refractivity contribution in [2.45, 2.75) is 134 Å². The molecule has 1 aromatic rings. The predicted molar refractivity (Wildman–Crippen MR) is 180 cm³/mol. The minimum absolute atomic E-state index is 0.334. The molecule has 1 aliphatic carbocycles. The van der Waals surface area contributed by atoms with Crippen LogP contribution in [-0.2, 0) is 0 Å². The highest BCUT2D eigenvalue weighted by atomic mass is 15.0. The molecule has 1 saturated heterocycles. The van der Waals surface area contributed by atoms with Gasteiger partial charge in [0, 0.05) is 35.6 Å². The fourth-order valence-electron chi connectivity index (χ4n) is 5.13. The van der Waals surface area contributed by atoms with Gasteiger partial charge in [0.15, 0.2) is 0 Å². The number of piperidine rings is 1. The molecular weight excluding hydrogens is 474 g/mol. The number of hydrogen-bond donors (Lipinski definition) is 1. The van der Waals surface area contributed by atoms with Crippen LogP contribution in [0, 0.1) is 19.8 Å². The van der Waals surface area contributed by atoms with Crippen molar-refractivity contribution in [2.24, 2.45) is 10.9 Å². The largest absolute Gasteiger partial charge is 0.307 e. The zero-order valence-electron chi connectivity index (χ0n) is 28.7. The molecule has 0 radical (unpaired) electrons. The molecule has 1 aromatic heterocycles. The summed E-state index contributed by atoms with van der Waals surface area (Å²) < 4.78 is 0. The monoisotopic (exact) mass is 538 g/mol. The predicted octanol–water partition coefficient (Wildman–Crippen LogP) is 10.6. The molecule has 3 nitrogen and oxygen atoms in total. The zero-order valence-corrected chi connectivity index (χ0v) is 28.7. The number of aromatic nitrogens is 1. The molecule has 1 aliphatic heterocycles. The van der Waals surface area contributed by atoms with Crippen molar-refractivity contribution in [3.8, 4) is 0 Å². The number of hydrogen-bond acceptors (Lipinski definition) is 3. The van der Waals surface area contributed by atoms with Crippen LogP contribution in [0.3, 0.4) is 0 Å².